The van der Waals surface area contributed by atoms with E-state index in [-0.39, 0.29) is 5.91 Å². The summed E-state index contributed by atoms with van der Waals surface area (Å²) in [5.74, 6) is 0.0112. The van der Waals surface area contributed by atoms with Crippen LogP contribution >= 0.6 is 0 Å². The predicted octanol–water partition coefficient (Wildman–Crippen LogP) is 3.80. The second-order valence-electron chi connectivity index (χ2n) is 6.62. The standard InChI is InChI=1S/C22H22N2O/c1-24(18-7-3-2-4-8-18)15-14-23-22(25)20-13-12-17-11-10-16-6-5-9-19(20)21(16)17/h2-9,12-13H,10-11,14-15H2,1H3,(H,23,25). The van der Waals surface area contributed by atoms with Gasteiger partial charge in [0.2, 0.25) is 0 Å². The van der Waals surface area contributed by atoms with Gasteiger partial charge >= 0.3 is 0 Å². The van der Waals surface area contributed by atoms with E-state index in [9.17, 15) is 4.79 Å². The van der Waals surface area contributed by atoms with Crippen LogP contribution < -0.4 is 10.2 Å². The quantitative estimate of drug-likeness (QED) is 0.772. The lowest BCUT2D eigenvalue weighted by Crippen LogP contribution is -2.33. The fourth-order valence-electron chi connectivity index (χ4n) is 3.69. The van der Waals surface area contributed by atoms with E-state index >= 15 is 0 Å². The molecule has 25 heavy (non-hydrogen) atoms. The highest BCUT2D eigenvalue weighted by Gasteiger charge is 2.18. The van der Waals surface area contributed by atoms with Gasteiger partial charge in [0.15, 0.2) is 0 Å². The Morgan fingerprint density at radius 3 is 2.52 bits per heavy atom. The van der Waals surface area contributed by atoms with Crippen molar-refractivity contribution in [2.45, 2.75) is 12.8 Å². The normalized spacial score (nSPS) is 12.4. The predicted molar refractivity (Wildman–Crippen MR) is 103 cm³/mol. The van der Waals surface area contributed by atoms with Gasteiger partial charge in [-0.25, -0.2) is 0 Å². The second-order valence-corrected chi connectivity index (χ2v) is 6.62. The number of nitrogens with zero attached hydrogens (tertiary/aromatic N) is 1. The van der Waals surface area contributed by atoms with Gasteiger partial charge in [-0.15, -0.1) is 0 Å². The summed E-state index contributed by atoms with van der Waals surface area (Å²) in [4.78, 5) is 14.8. The third kappa shape index (κ3) is 2.98. The van der Waals surface area contributed by atoms with Crippen LogP contribution in [0.1, 0.15) is 21.5 Å². The zero-order valence-electron chi connectivity index (χ0n) is 14.5. The van der Waals surface area contributed by atoms with Crippen LogP contribution in [-0.4, -0.2) is 26.0 Å². The fourth-order valence-corrected chi connectivity index (χ4v) is 3.69. The van der Waals surface area contributed by atoms with Gasteiger partial charge in [-0.3, -0.25) is 4.79 Å². The molecule has 0 radical (unpaired) electrons. The topological polar surface area (TPSA) is 32.3 Å². The molecule has 1 amide bonds. The molecular weight excluding hydrogens is 308 g/mol. The molecule has 0 fully saturated rings. The zero-order chi connectivity index (χ0) is 17.2. The van der Waals surface area contributed by atoms with E-state index < -0.39 is 0 Å². The number of hydrogen-bond acceptors (Lipinski definition) is 2. The highest BCUT2D eigenvalue weighted by molar-refractivity contribution is 6.09. The van der Waals surface area contributed by atoms with Crippen LogP contribution in [0.15, 0.2) is 60.7 Å². The molecule has 1 aliphatic carbocycles. The Morgan fingerprint density at radius 2 is 1.72 bits per heavy atom. The Labute approximate surface area is 148 Å². The Morgan fingerprint density at radius 1 is 0.960 bits per heavy atom. The van der Waals surface area contributed by atoms with E-state index in [0.29, 0.717) is 6.54 Å². The second kappa shape index (κ2) is 6.60. The van der Waals surface area contributed by atoms with E-state index in [2.05, 4.69) is 46.6 Å². The molecular formula is C22H22N2O. The van der Waals surface area contributed by atoms with Crippen LogP contribution in [-0.2, 0) is 12.8 Å². The molecule has 3 aromatic carbocycles. The number of anilines is 1. The molecule has 0 spiro atoms. The van der Waals surface area contributed by atoms with Crippen molar-refractivity contribution >= 4 is 22.4 Å². The minimum atomic E-state index is 0.0112. The number of benzene rings is 3. The molecule has 0 aromatic heterocycles. The summed E-state index contributed by atoms with van der Waals surface area (Å²) in [6.45, 7) is 1.39. The van der Waals surface area contributed by atoms with Crippen molar-refractivity contribution in [1.82, 2.24) is 5.32 Å². The highest BCUT2D eigenvalue weighted by atomic mass is 16.1. The number of carbonyl (C=O) groups is 1. The van der Waals surface area contributed by atoms with Crippen molar-refractivity contribution < 1.29 is 4.79 Å². The molecule has 0 bridgehead atoms. The monoisotopic (exact) mass is 330 g/mol. The number of hydrogen-bond donors (Lipinski definition) is 1. The summed E-state index contributed by atoms with van der Waals surface area (Å²) in [5.41, 5.74) is 4.67. The lowest BCUT2D eigenvalue weighted by atomic mass is 9.99. The van der Waals surface area contributed by atoms with Crippen LogP contribution in [0.2, 0.25) is 0 Å². The first-order chi connectivity index (χ1) is 12.2. The van der Waals surface area contributed by atoms with Gasteiger partial charge < -0.3 is 10.2 Å². The molecule has 4 rings (SSSR count). The Hall–Kier alpha value is -2.81. The third-order valence-electron chi connectivity index (χ3n) is 5.05. The number of carbonyl (C=O) groups excluding carboxylic acids is 1. The van der Waals surface area contributed by atoms with E-state index in [1.54, 1.807) is 0 Å². The Bertz CT molecular complexity index is 908. The molecule has 0 heterocycles. The number of amides is 1. The summed E-state index contributed by atoms with van der Waals surface area (Å²) in [6.07, 6.45) is 2.17. The van der Waals surface area contributed by atoms with Gasteiger partial charge in [0, 0.05) is 31.4 Å². The number of para-hydroxylation sites is 1. The van der Waals surface area contributed by atoms with E-state index in [1.165, 1.54) is 16.5 Å². The lowest BCUT2D eigenvalue weighted by Gasteiger charge is -2.19. The van der Waals surface area contributed by atoms with Crippen LogP contribution in [0.4, 0.5) is 5.69 Å². The maximum absolute atomic E-state index is 12.7. The minimum Gasteiger partial charge on any atom is -0.373 e. The number of likely N-dealkylation sites (N-methyl/N-ethyl adjacent to an activating group) is 1. The van der Waals surface area contributed by atoms with Gasteiger partial charge in [-0.05, 0) is 52.9 Å². The van der Waals surface area contributed by atoms with E-state index in [1.807, 2.05) is 31.3 Å². The maximum Gasteiger partial charge on any atom is 0.251 e. The summed E-state index contributed by atoms with van der Waals surface area (Å²) < 4.78 is 0. The smallest absolute Gasteiger partial charge is 0.251 e. The van der Waals surface area contributed by atoms with Crippen LogP contribution in [0.25, 0.3) is 10.8 Å². The van der Waals surface area contributed by atoms with Crippen molar-refractivity contribution in [3.05, 3.63) is 77.4 Å². The first-order valence-corrected chi connectivity index (χ1v) is 8.82. The molecule has 3 heteroatoms. The number of aryl methyl sites for hydroxylation is 2. The largest absolute Gasteiger partial charge is 0.373 e. The van der Waals surface area contributed by atoms with Crippen molar-refractivity contribution in [1.29, 1.82) is 0 Å². The van der Waals surface area contributed by atoms with Crippen molar-refractivity contribution in [3.8, 4) is 0 Å². The van der Waals surface area contributed by atoms with Gasteiger partial charge in [-0.1, -0.05) is 42.5 Å². The molecule has 126 valence electrons. The average molecular weight is 330 g/mol. The van der Waals surface area contributed by atoms with Crippen molar-refractivity contribution in [2.24, 2.45) is 0 Å². The number of nitrogens with one attached hydrogen (secondary N) is 1. The number of rotatable bonds is 5. The molecule has 0 atom stereocenters. The highest BCUT2D eigenvalue weighted by Crippen LogP contribution is 2.32. The first kappa shape index (κ1) is 15.7. The molecule has 0 unspecified atom stereocenters. The van der Waals surface area contributed by atoms with Gasteiger partial charge in [0.1, 0.15) is 0 Å². The van der Waals surface area contributed by atoms with Crippen LogP contribution in [0.3, 0.4) is 0 Å². The van der Waals surface area contributed by atoms with Crippen LogP contribution in [0.5, 0.6) is 0 Å². The maximum atomic E-state index is 12.7. The lowest BCUT2D eigenvalue weighted by molar-refractivity contribution is 0.0956. The minimum absolute atomic E-state index is 0.0112. The van der Waals surface area contributed by atoms with Crippen molar-refractivity contribution in [3.63, 3.8) is 0 Å². The summed E-state index contributed by atoms with van der Waals surface area (Å²) in [6, 6.07) is 20.6. The Kier molecular flexibility index (Phi) is 4.14. The molecule has 3 aromatic rings. The van der Waals surface area contributed by atoms with E-state index in [4.69, 9.17) is 0 Å². The van der Waals surface area contributed by atoms with Crippen molar-refractivity contribution in [2.75, 3.05) is 25.0 Å². The third-order valence-corrected chi connectivity index (χ3v) is 5.05. The molecule has 0 saturated carbocycles. The van der Waals surface area contributed by atoms with Crippen LogP contribution in [0, 0.1) is 0 Å². The first-order valence-electron chi connectivity index (χ1n) is 8.82. The molecule has 3 nitrogen and oxygen atoms in total. The SMILES string of the molecule is CN(CCNC(=O)c1ccc2c3c(cccc13)CC2)c1ccccc1. The van der Waals surface area contributed by atoms with Gasteiger partial charge in [0.05, 0.1) is 0 Å². The fraction of sp³-hybridized carbons (Fsp3) is 0.227. The summed E-state index contributed by atoms with van der Waals surface area (Å²) in [5, 5.41) is 5.44. The summed E-state index contributed by atoms with van der Waals surface area (Å²) >= 11 is 0. The molecule has 0 saturated heterocycles. The molecule has 1 aliphatic rings. The van der Waals surface area contributed by atoms with Gasteiger partial charge in [0.25, 0.3) is 5.91 Å². The average Bonchev–Trinajstić information content (AvgIpc) is 3.08. The van der Waals surface area contributed by atoms with Gasteiger partial charge in [-0.2, -0.15) is 0 Å². The molecule has 0 aliphatic heterocycles. The Balaban J connectivity index is 1.47. The zero-order valence-corrected chi connectivity index (χ0v) is 14.5. The van der Waals surface area contributed by atoms with E-state index in [0.717, 1.165) is 36.0 Å². The molecule has 1 N–H and O–H groups in total. The summed E-state index contributed by atoms with van der Waals surface area (Å²) in [7, 11) is 2.04.